The average molecular weight is 269 g/mol. The highest BCUT2D eigenvalue weighted by molar-refractivity contribution is 6.09. The van der Waals surface area contributed by atoms with E-state index in [1.165, 1.54) is 7.11 Å². The number of Topliss-reactive ketones (excluding diaryl/α,β-unsaturated/α-hetero) is 1. The molecule has 1 saturated carbocycles. The van der Waals surface area contributed by atoms with E-state index in [1.807, 2.05) is 14.1 Å². The van der Waals surface area contributed by atoms with E-state index in [0.717, 1.165) is 0 Å². The number of carbonyl (C=O) groups is 2. The molecule has 1 aliphatic carbocycles. The second-order valence-corrected chi connectivity index (χ2v) is 5.05. The van der Waals surface area contributed by atoms with Gasteiger partial charge in [0.05, 0.1) is 20.3 Å². The fourth-order valence-electron chi connectivity index (χ4n) is 2.55. The average Bonchev–Trinajstić information content (AvgIpc) is 2.80. The van der Waals surface area contributed by atoms with Gasteiger partial charge in [0.15, 0.2) is 11.6 Å². The summed E-state index contributed by atoms with van der Waals surface area (Å²) in [5, 5.41) is 0. The van der Waals surface area contributed by atoms with Gasteiger partial charge in [-0.2, -0.15) is 0 Å². The van der Waals surface area contributed by atoms with Crippen molar-refractivity contribution in [2.45, 2.75) is 18.6 Å². The number of ether oxygens (including phenoxy) is 3. The Labute approximate surface area is 112 Å². The van der Waals surface area contributed by atoms with Crippen LogP contribution in [0.1, 0.15) is 12.8 Å². The molecule has 1 atom stereocenters. The molecular formula is C13H19NO5. The molecule has 1 heterocycles. The highest BCUT2D eigenvalue weighted by Crippen LogP contribution is 2.40. The first-order valence-corrected chi connectivity index (χ1v) is 6.24. The molecule has 0 amide bonds. The van der Waals surface area contributed by atoms with Crippen LogP contribution in [0.3, 0.4) is 0 Å². The molecule has 0 N–H and O–H groups in total. The molecule has 0 aromatic heterocycles. The van der Waals surface area contributed by atoms with Gasteiger partial charge in [0.25, 0.3) is 0 Å². The maximum Gasteiger partial charge on any atom is 0.316 e. The molecule has 0 bridgehead atoms. The second-order valence-electron chi connectivity index (χ2n) is 5.05. The van der Waals surface area contributed by atoms with Gasteiger partial charge in [0.1, 0.15) is 5.92 Å². The highest BCUT2D eigenvalue weighted by atomic mass is 16.7. The number of hydrogen-bond donors (Lipinski definition) is 0. The van der Waals surface area contributed by atoms with Gasteiger partial charge < -0.3 is 19.1 Å². The van der Waals surface area contributed by atoms with Crippen molar-refractivity contribution in [3.8, 4) is 0 Å². The van der Waals surface area contributed by atoms with Crippen molar-refractivity contribution in [1.29, 1.82) is 0 Å². The largest absolute Gasteiger partial charge is 0.468 e. The summed E-state index contributed by atoms with van der Waals surface area (Å²) in [4.78, 5) is 25.8. The van der Waals surface area contributed by atoms with Crippen LogP contribution in [0, 0.1) is 5.92 Å². The number of carbonyl (C=O) groups excluding carboxylic acids is 2. The van der Waals surface area contributed by atoms with E-state index < -0.39 is 17.7 Å². The Balaban J connectivity index is 2.30. The number of rotatable bonds is 2. The Morgan fingerprint density at radius 2 is 2.05 bits per heavy atom. The molecule has 2 fully saturated rings. The summed E-state index contributed by atoms with van der Waals surface area (Å²) in [5.74, 6) is -2.43. The smallest absolute Gasteiger partial charge is 0.316 e. The van der Waals surface area contributed by atoms with Crippen LogP contribution in [0.25, 0.3) is 0 Å². The van der Waals surface area contributed by atoms with Crippen molar-refractivity contribution in [1.82, 2.24) is 4.90 Å². The van der Waals surface area contributed by atoms with Crippen molar-refractivity contribution >= 4 is 11.8 Å². The molecule has 1 unspecified atom stereocenters. The SMILES string of the molecule is COC(=O)C1CC2(CC(=CN(C)C)C1=O)OCCO2. The molecule has 1 spiro atoms. The second kappa shape index (κ2) is 5.30. The van der Waals surface area contributed by atoms with Gasteiger partial charge in [-0.1, -0.05) is 0 Å². The van der Waals surface area contributed by atoms with Gasteiger partial charge in [0.2, 0.25) is 0 Å². The van der Waals surface area contributed by atoms with Gasteiger partial charge in [-0.3, -0.25) is 9.59 Å². The Kier molecular flexibility index (Phi) is 3.91. The lowest BCUT2D eigenvalue weighted by atomic mass is 9.80. The molecule has 0 aromatic rings. The third-order valence-corrected chi connectivity index (χ3v) is 3.32. The summed E-state index contributed by atoms with van der Waals surface area (Å²) >= 11 is 0. The molecular weight excluding hydrogens is 250 g/mol. The quantitative estimate of drug-likeness (QED) is 0.409. The fraction of sp³-hybridized carbons (Fsp3) is 0.692. The minimum Gasteiger partial charge on any atom is -0.468 e. The van der Waals surface area contributed by atoms with Gasteiger partial charge in [0, 0.05) is 38.7 Å². The lowest BCUT2D eigenvalue weighted by molar-refractivity contribution is -0.187. The number of hydrogen-bond acceptors (Lipinski definition) is 6. The van der Waals surface area contributed by atoms with Crippen LogP contribution in [0.4, 0.5) is 0 Å². The van der Waals surface area contributed by atoms with E-state index >= 15 is 0 Å². The summed E-state index contributed by atoms with van der Waals surface area (Å²) in [6.07, 6.45) is 2.31. The normalized spacial score (nSPS) is 27.8. The summed E-state index contributed by atoms with van der Waals surface area (Å²) in [7, 11) is 4.93. The van der Waals surface area contributed by atoms with E-state index in [1.54, 1.807) is 11.1 Å². The highest BCUT2D eigenvalue weighted by Gasteiger charge is 2.49. The van der Waals surface area contributed by atoms with Crippen molar-refractivity contribution in [2.24, 2.45) is 5.92 Å². The van der Waals surface area contributed by atoms with E-state index in [-0.39, 0.29) is 12.2 Å². The van der Waals surface area contributed by atoms with Crippen molar-refractivity contribution in [3.63, 3.8) is 0 Å². The van der Waals surface area contributed by atoms with Gasteiger partial charge in [-0.25, -0.2) is 0 Å². The molecule has 6 heteroatoms. The van der Waals surface area contributed by atoms with Crippen LogP contribution in [0.2, 0.25) is 0 Å². The molecule has 2 aliphatic rings. The monoisotopic (exact) mass is 269 g/mol. The zero-order chi connectivity index (χ0) is 14.0. The number of esters is 1. The lowest BCUT2D eigenvalue weighted by Crippen LogP contribution is -2.45. The summed E-state index contributed by atoms with van der Waals surface area (Å²) in [5.41, 5.74) is 0.536. The Morgan fingerprint density at radius 1 is 1.42 bits per heavy atom. The third kappa shape index (κ3) is 2.79. The third-order valence-electron chi connectivity index (χ3n) is 3.32. The van der Waals surface area contributed by atoms with E-state index in [4.69, 9.17) is 14.2 Å². The van der Waals surface area contributed by atoms with Crippen LogP contribution >= 0.6 is 0 Å². The first kappa shape index (κ1) is 14.0. The molecule has 106 valence electrons. The molecule has 1 aliphatic heterocycles. The van der Waals surface area contributed by atoms with Crippen molar-refractivity contribution in [2.75, 3.05) is 34.4 Å². The predicted molar refractivity (Wildman–Crippen MR) is 66.2 cm³/mol. The van der Waals surface area contributed by atoms with Gasteiger partial charge in [-0.15, -0.1) is 0 Å². The van der Waals surface area contributed by atoms with Crippen LogP contribution in [0.15, 0.2) is 11.8 Å². The van der Waals surface area contributed by atoms with Gasteiger partial charge >= 0.3 is 5.97 Å². The van der Waals surface area contributed by atoms with E-state index in [9.17, 15) is 9.59 Å². The topological polar surface area (TPSA) is 65.1 Å². The Hall–Kier alpha value is -1.40. The van der Waals surface area contributed by atoms with Crippen LogP contribution < -0.4 is 0 Å². The molecule has 6 nitrogen and oxygen atoms in total. The standard InChI is InChI=1S/C13H19NO5/c1-14(2)8-9-6-13(18-4-5-19-13)7-10(11(9)15)12(16)17-3/h8,10H,4-7H2,1-3H3. The number of ketones is 1. The van der Waals surface area contributed by atoms with Crippen molar-refractivity contribution < 1.29 is 23.8 Å². The van der Waals surface area contributed by atoms with Crippen LogP contribution in [0.5, 0.6) is 0 Å². The summed E-state index contributed by atoms with van der Waals surface area (Å²) in [6.45, 7) is 0.967. The maximum atomic E-state index is 12.3. The Bertz CT molecular complexity index is 409. The maximum absolute atomic E-state index is 12.3. The van der Waals surface area contributed by atoms with Crippen LogP contribution in [-0.4, -0.2) is 56.9 Å². The minimum atomic E-state index is -0.853. The predicted octanol–water partition coefficient (Wildman–Crippen LogP) is 0.327. The lowest BCUT2D eigenvalue weighted by Gasteiger charge is -2.35. The van der Waals surface area contributed by atoms with Crippen molar-refractivity contribution in [3.05, 3.63) is 11.8 Å². The van der Waals surface area contributed by atoms with E-state index in [2.05, 4.69) is 0 Å². The molecule has 19 heavy (non-hydrogen) atoms. The van der Waals surface area contributed by atoms with Crippen LogP contribution in [-0.2, 0) is 23.8 Å². The molecule has 1 saturated heterocycles. The summed E-state index contributed by atoms with van der Waals surface area (Å²) in [6, 6.07) is 0. The Morgan fingerprint density at radius 3 is 2.58 bits per heavy atom. The molecule has 2 rings (SSSR count). The molecule has 0 radical (unpaired) electrons. The number of methoxy groups -OCH3 is 1. The zero-order valence-corrected chi connectivity index (χ0v) is 11.5. The zero-order valence-electron chi connectivity index (χ0n) is 11.5. The summed E-state index contributed by atoms with van der Waals surface area (Å²) < 4.78 is 16.0. The van der Waals surface area contributed by atoms with Gasteiger partial charge in [-0.05, 0) is 0 Å². The fourth-order valence-corrected chi connectivity index (χ4v) is 2.55. The first-order chi connectivity index (χ1) is 8.97. The minimum absolute atomic E-state index is 0.203. The molecule has 0 aromatic carbocycles. The van der Waals surface area contributed by atoms with E-state index in [0.29, 0.717) is 25.2 Å². The number of nitrogens with zero attached hydrogens (tertiary/aromatic N) is 1. The first-order valence-electron chi connectivity index (χ1n) is 6.24.